The van der Waals surface area contributed by atoms with Crippen molar-refractivity contribution in [2.75, 3.05) is 0 Å². The number of pyridine rings is 1. The highest BCUT2D eigenvalue weighted by Gasteiger charge is 2.37. The van der Waals surface area contributed by atoms with E-state index in [-0.39, 0.29) is 11.3 Å². The van der Waals surface area contributed by atoms with Crippen molar-refractivity contribution in [2.45, 2.75) is 12.6 Å². The number of esters is 1. The van der Waals surface area contributed by atoms with Crippen molar-refractivity contribution < 1.29 is 27.4 Å². The molecule has 0 fully saturated rings. The van der Waals surface area contributed by atoms with Crippen LogP contribution in [0, 0.1) is 0 Å². The molecule has 3 rings (SSSR count). The van der Waals surface area contributed by atoms with Crippen molar-refractivity contribution in [1.29, 1.82) is 0 Å². The monoisotopic (exact) mass is 321 g/mol. The van der Waals surface area contributed by atoms with Gasteiger partial charge in [-0.25, -0.2) is 9.78 Å². The summed E-state index contributed by atoms with van der Waals surface area (Å²) >= 11 is 0. The molecular formula is C16H10F3NO3. The van der Waals surface area contributed by atoms with E-state index in [1.165, 1.54) is 18.4 Å². The molecule has 118 valence electrons. The molecule has 0 bridgehead atoms. The first-order valence-electron chi connectivity index (χ1n) is 6.65. The fourth-order valence-corrected chi connectivity index (χ4v) is 2.18. The number of aromatic nitrogens is 1. The lowest BCUT2D eigenvalue weighted by atomic mass is 10.0. The van der Waals surface area contributed by atoms with E-state index >= 15 is 0 Å². The average Bonchev–Trinajstić information content (AvgIpc) is 2.54. The molecule has 2 aromatic rings. The Hall–Kier alpha value is -2.83. The molecule has 0 saturated heterocycles. The molecule has 1 aromatic heterocycles. The third-order valence-corrected chi connectivity index (χ3v) is 3.18. The molecule has 0 unspecified atom stereocenters. The third-order valence-electron chi connectivity index (χ3n) is 3.18. The summed E-state index contributed by atoms with van der Waals surface area (Å²) in [5.74, 6) is -1.29. The second-order valence-corrected chi connectivity index (χ2v) is 4.73. The highest BCUT2D eigenvalue weighted by atomic mass is 19.4. The minimum atomic E-state index is -4.72. The Balaban J connectivity index is 1.93. The van der Waals surface area contributed by atoms with Crippen molar-refractivity contribution in [3.63, 3.8) is 0 Å². The minimum Gasteiger partial charge on any atom is -0.464 e. The summed E-state index contributed by atoms with van der Waals surface area (Å²) in [7, 11) is 0. The fraction of sp³-hybridized carbons (Fsp3) is 0.125. The Morgan fingerprint density at radius 3 is 2.83 bits per heavy atom. The van der Waals surface area contributed by atoms with Crippen LogP contribution in [0.5, 0.6) is 11.5 Å². The van der Waals surface area contributed by atoms with Crippen LogP contribution in [0.15, 0.2) is 48.9 Å². The summed E-state index contributed by atoms with van der Waals surface area (Å²) in [6.45, 7) is 0. The number of rotatable bonds is 2. The molecule has 0 aliphatic carbocycles. The van der Waals surface area contributed by atoms with Gasteiger partial charge in [0.15, 0.2) is 11.4 Å². The largest absolute Gasteiger partial charge is 0.464 e. The lowest BCUT2D eigenvalue weighted by Gasteiger charge is -2.16. The number of hydrogen-bond acceptors (Lipinski definition) is 4. The van der Waals surface area contributed by atoms with Gasteiger partial charge in [0.25, 0.3) is 0 Å². The first-order valence-corrected chi connectivity index (χ1v) is 6.65. The zero-order chi connectivity index (χ0) is 16.4. The number of alkyl halides is 3. The summed E-state index contributed by atoms with van der Waals surface area (Å²) in [6, 6.07) is 7.12. The number of ether oxygens (including phenoxy) is 2. The topological polar surface area (TPSA) is 48.4 Å². The Bertz CT molecular complexity index is 784. The molecule has 0 atom stereocenters. The quantitative estimate of drug-likeness (QED) is 0.790. The second kappa shape index (κ2) is 5.75. The van der Waals surface area contributed by atoms with E-state index in [2.05, 4.69) is 4.98 Å². The van der Waals surface area contributed by atoms with E-state index in [1.54, 1.807) is 18.2 Å². The van der Waals surface area contributed by atoms with Gasteiger partial charge in [0.2, 0.25) is 0 Å². The maximum atomic E-state index is 12.9. The number of nitrogens with zero attached hydrogens (tertiary/aromatic N) is 1. The van der Waals surface area contributed by atoms with Crippen molar-refractivity contribution in [1.82, 2.24) is 4.98 Å². The number of para-hydroxylation sites is 1. The van der Waals surface area contributed by atoms with Gasteiger partial charge >= 0.3 is 12.1 Å². The Kier molecular flexibility index (Phi) is 3.77. The van der Waals surface area contributed by atoms with Crippen LogP contribution < -0.4 is 9.47 Å². The molecule has 4 nitrogen and oxygen atoms in total. The van der Waals surface area contributed by atoms with Crippen LogP contribution in [-0.4, -0.2) is 11.0 Å². The van der Waals surface area contributed by atoms with Crippen LogP contribution in [0.2, 0.25) is 0 Å². The van der Waals surface area contributed by atoms with Gasteiger partial charge in [-0.05, 0) is 36.3 Å². The smallest absolute Gasteiger partial charge is 0.437 e. The summed E-state index contributed by atoms with van der Waals surface area (Å²) < 4.78 is 48.9. The fourth-order valence-electron chi connectivity index (χ4n) is 2.18. The van der Waals surface area contributed by atoms with Gasteiger partial charge < -0.3 is 9.47 Å². The standard InChI is InChI=1S/C16H10F3NO3/c17-16(18,19)14-12(7-2-8-20-14)23-15(21)11-6-1-4-10-5-3-9-22-13(10)11/h1-4,6-9H,5H2. The van der Waals surface area contributed by atoms with Gasteiger partial charge in [0.05, 0.1) is 6.26 Å². The van der Waals surface area contributed by atoms with Crippen molar-refractivity contribution >= 4 is 5.97 Å². The second-order valence-electron chi connectivity index (χ2n) is 4.73. The van der Waals surface area contributed by atoms with E-state index in [9.17, 15) is 18.0 Å². The lowest BCUT2D eigenvalue weighted by molar-refractivity contribution is -0.142. The molecule has 1 aromatic carbocycles. The molecule has 1 aliphatic heterocycles. The molecule has 0 amide bonds. The van der Waals surface area contributed by atoms with Crippen LogP contribution in [0.3, 0.4) is 0 Å². The normalized spacial score (nSPS) is 13.2. The van der Waals surface area contributed by atoms with Gasteiger partial charge in [-0.2, -0.15) is 13.2 Å². The predicted octanol–water partition coefficient (Wildman–Crippen LogP) is 3.77. The average molecular weight is 321 g/mol. The maximum Gasteiger partial charge on any atom is 0.437 e. The summed E-state index contributed by atoms with van der Waals surface area (Å²) in [4.78, 5) is 15.5. The lowest BCUT2D eigenvalue weighted by Crippen LogP contribution is -2.16. The molecule has 0 saturated carbocycles. The Morgan fingerprint density at radius 1 is 1.22 bits per heavy atom. The number of benzene rings is 1. The van der Waals surface area contributed by atoms with E-state index in [4.69, 9.17) is 9.47 Å². The highest BCUT2D eigenvalue weighted by molar-refractivity contribution is 5.94. The molecule has 0 spiro atoms. The molecule has 0 radical (unpaired) electrons. The van der Waals surface area contributed by atoms with E-state index in [1.807, 2.05) is 0 Å². The van der Waals surface area contributed by atoms with E-state index < -0.39 is 23.6 Å². The summed E-state index contributed by atoms with van der Waals surface area (Å²) in [5.41, 5.74) is -0.438. The van der Waals surface area contributed by atoms with E-state index in [0.717, 1.165) is 17.8 Å². The van der Waals surface area contributed by atoms with Gasteiger partial charge in [-0.15, -0.1) is 0 Å². The van der Waals surface area contributed by atoms with Crippen LogP contribution in [0.1, 0.15) is 21.6 Å². The van der Waals surface area contributed by atoms with Gasteiger partial charge in [0, 0.05) is 6.20 Å². The van der Waals surface area contributed by atoms with Crippen LogP contribution in [-0.2, 0) is 12.6 Å². The minimum absolute atomic E-state index is 0.0591. The van der Waals surface area contributed by atoms with Crippen molar-refractivity contribution in [3.8, 4) is 11.5 Å². The van der Waals surface area contributed by atoms with Crippen molar-refractivity contribution in [2.24, 2.45) is 0 Å². The molecule has 1 aliphatic rings. The zero-order valence-corrected chi connectivity index (χ0v) is 11.6. The van der Waals surface area contributed by atoms with Gasteiger partial charge in [-0.3, -0.25) is 0 Å². The third kappa shape index (κ3) is 3.03. The van der Waals surface area contributed by atoms with Crippen molar-refractivity contribution in [3.05, 3.63) is 65.7 Å². The highest BCUT2D eigenvalue weighted by Crippen LogP contribution is 2.35. The zero-order valence-electron chi connectivity index (χ0n) is 11.6. The summed E-state index contributed by atoms with van der Waals surface area (Å²) in [6.07, 6.45) is 0.0203. The first-order chi connectivity index (χ1) is 11.0. The molecule has 0 N–H and O–H groups in total. The molecule has 2 heterocycles. The van der Waals surface area contributed by atoms with Gasteiger partial charge in [0.1, 0.15) is 11.3 Å². The molecule has 7 heteroatoms. The predicted molar refractivity (Wildman–Crippen MR) is 74.1 cm³/mol. The van der Waals surface area contributed by atoms with Crippen LogP contribution in [0.25, 0.3) is 0 Å². The van der Waals surface area contributed by atoms with Crippen LogP contribution in [0.4, 0.5) is 13.2 Å². The number of carbonyl (C=O) groups excluding carboxylic acids is 1. The number of halogens is 3. The maximum absolute atomic E-state index is 12.9. The molecular weight excluding hydrogens is 311 g/mol. The Morgan fingerprint density at radius 2 is 2.04 bits per heavy atom. The number of fused-ring (bicyclic) bond motifs is 1. The van der Waals surface area contributed by atoms with Gasteiger partial charge in [-0.1, -0.05) is 12.1 Å². The molecule has 23 heavy (non-hydrogen) atoms. The Labute approximate surface area is 129 Å². The van der Waals surface area contributed by atoms with E-state index in [0.29, 0.717) is 6.42 Å². The number of allylic oxidation sites excluding steroid dienone is 1. The number of carbonyl (C=O) groups is 1. The van der Waals surface area contributed by atoms with Crippen LogP contribution >= 0.6 is 0 Å². The SMILES string of the molecule is O=C(Oc1cccnc1C(F)(F)F)c1cccc2c1OC=CC2. The summed E-state index contributed by atoms with van der Waals surface area (Å²) in [5, 5.41) is 0. The number of hydrogen-bond donors (Lipinski definition) is 0. The first kappa shape index (κ1) is 15.1.